The molecule has 0 saturated carbocycles. The number of hydrogen-bond donors (Lipinski definition) is 0. The highest BCUT2D eigenvalue weighted by atomic mass is 19.1. The molecule has 0 spiro atoms. The van der Waals surface area contributed by atoms with Gasteiger partial charge in [0.05, 0.1) is 23.2 Å². The third-order valence-electron chi connectivity index (χ3n) is 10.6. The first-order chi connectivity index (χ1) is 24.7. The summed E-state index contributed by atoms with van der Waals surface area (Å²) in [5.41, 5.74) is 2.33. The van der Waals surface area contributed by atoms with E-state index in [1.807, 2.05) is 33.0 Å². The lowest BCUT2D eigenvalue weighted by Crippen LogP contribution is -2.40. The minimum Gasteiger partial charge on any atom is -0.490 e. The normalized spacial score (nSPS) is 18.3. The van der Waals surface area contributed by atoms with E-state index in [1.165, 1.54) is 30.1 Å². The van der Waals surface area contributed by atoms with Crippen LogP contribution in [0, 0.1) is 22.6 Å². The molecule has 0 radical (unpaired) electrons. The number of benzene rings is 1. The molecule has 0 unspecified atom stereocenters. The number of nitrogens with zero attached hydrogens (tertiary/aromatic N) is 8. The van der Waals surface area contributed by atoms with Gasteiger partial charge in [-0.1, -0.05) is 0 Å². The summed E-state index contributed by atoms with van der Waals surface area (Å²) in [5, 5.41) is 9.44. The summed E-state index contributed by atoms with van der Waals surface area (Å²) in [7, 11) is 0. The number of hydrogen-bond acceptors (Lipinski definition) is 10. The number of rotatable bonds is 12. The average Bonchev–Trinajstić information content (AvgIpc) is 3.14. The number of halogens is 1. The first kappa shape index (κ1) is 36.5. The van der Waals surface area contributed by atoms with Crippen molar-refractivity contribution in [3.05, 3.63) is 65.6 Å². The zero-order valence-electron chi connectivity index (χ0n) is 30.5. The van der Waals surface area contributed by atoms with Gasteiger partial charge in [0.15, 0.2) is 11.6 Å². The Hall–Kier alpha value is -4.34. The topological polar surface area (TPSA) is 111 Å². The fourth-order valence-electron chi connectivity index (χ4n) is 7.43. The number of nitriles is 1. The molecule has 2 saturated heterocycles. The predicted molar refractivity (Wildman–Crippen MR) is 193 cm³/mol. The third-order valence-corrected chi connectivity index (χ3v) is 10.6. The van der Waals surface area contributed by atoms with E-state index in [4.69, 9.17) is 14.5 Å². The fourth-order valence-corrected chi connectivity index (χ4v) is 7.43. The fraction of sp³-hybridized carbons (Fsp3) is 0.564. The SMILES string of the molecule is CCN(C(=O)c1cc(F)ccc1Oc1cncnc1N1CCC(Oc2ccnc3c2CN(CCCN2CCC(C)(C#N)CC2)CC3)CC1)C(C)C. The molecule has 1 amide bonds. The molecule has 3 aliphatic heterocycles. The van der Waals surface area contributed by atoms with Crippen LogP contribution in [-0.4, -0.2) is 100 Å². The first-order valence-corrected chi connectivity index (χ1v) is 18.5. The highest BCUT2D eigenvalue weighted by Crippen LogP contribution is 2.35. The van der Waals surface area contributed by atoms with Crippen LogP contribution in [0.15, 0.2) is 43.0 Å². The van der Waals surface area contributed by atoms with Gasteiger partial charge in [-0.25, -0.2) is 14.4 Å². The zero-order valence-corrected chi connectivity index (χ0v) is 30.5. The Morgan fingerprint density at radius 1 is 1.06 bits per heavy atom. The van der Waals surface area contributed by atoms with Crippen molar-refractivity contribution in [2.45, 2.75) is 84.9 Å². The molecular weight excluding hydrogens is 647 g/mol. The molecule has 12 heteroatoms. The standard InChI is InChI=1S/C39H51FN8O3/c1-5-48(28(2)3)38(49)31-23-29(40)7-8-34(31)51-36-24-42-27-44-37(36)47-19-10-30(11-20-47)50-35-9-15-43-33-12-18-46(25-32(33)35)17-6-16-45-21-13-39(4,26-41)14-22-45/h7-9,15,23-24,27-28,30H,5-6,10-14,16-22,25H2,1-4H3. The van der Waals surface area contributed by atoms with Crippen molar-refractivity contribution >= 4 is 11.7 Å². The van der Waals surface area contributed by atoms with Gasteiger partial charge in [0.1, 0.15) is 29.7 Å². The Bertz CT molecular complexity index is 1700. The molecule has 0 atom stereocenters. The summed E-state index contributed by atoms with van der Waals surface area (Å²) in [6.45, 7) is 15.7. The second-order valence-corrected chi connectivity index (χ2v) is 14.6. The number of ether oxygens (including phenoxy) is 2. The van der Waals surface area contributed by atoms with Crippen LogP contribution in [0.5, 0.6) is 17.2 Å². The van der Waals surface area contributed by atoms with Crippen molar-refractivity contribution in [3.63, 3.8) is 0 Å². The molecule has 51 heavy (non-hydrogen) atoms. The minimum atomic E-state index is -0.501. The number of amides is 1. The molecular formula is C39H51FN8O3. The van der Waals surface area contributed by atoms with E-state index >= 15 is 0 Å². The van der Waals surface area contributed by atoms with Crippen LogP contribution in [0.25, 0.3) is 0 Å². The van der Waals surface area contributed by atoms with Gasteiger partial charge in [-0.05, 0) is 97.4 Å². The van der Waals surface area contributed by atoms with Crippen LogP contribution >= 0.6 is 0 Å². The van der Waals surface area contributed by atoms with Gasteiger partial charge in [-0.15, -0.1) is 0 Å². The van der Waals surface area contributed by atoms with E-state index in [0.29, 0.717) is 31.2 Å². The van der Waals surface area contributed by atoms with Crippen LogP contribution in [0.3, 0.4) is 0 Å². The Kier molecular flexibility index (Phi) is 11.7. The molecule has 272 valence electrons. The van der Waals surface area contributed by atoms with Crippen molar-refractivity contribution in [1.82, 2.24) is 29.7 Å². The Labute approximate surface area is 301 Å². The monoisotopic (exact) mass is 698 g/mol. The number of fused-ring (bicyclic) bond motifs is 1. The van der Waals surface area contributed by atoms with Crippen molar-refractivity contribution in [3.8, 4) is 23.3 Å². The number of pyridine rings is 1. The number of piperidine rings is 2. The van der Waals surface area contributed by atoms with Gasteiger partial charge in [-0.2, -0.15) is 5.26 Å². The van der Waals surface area contributed by atoms with E-state index in [2.05, 4.69) is 37.7 Å². The minimum absolute atomic E-state index is 0.0462. The lowest BCUT2D eigenvalue weighted by Gasteiger charge is -2.36. The van der Waals surface area contributed by atoms with E-state index in [0.717, 1.165) is 89.2 Å². The van der Waals surface area contributed by atoms with Crippen LogP contribution in [0.4, 0.5) is 10.2 Å². The molecule has 2 fully saturated rings. The molecule has 3 aliphatic rings. The van der Waals surface area contributed by atoms with Gasteiger partial charge in [-0.3, -0.25) is 14.7 Å². The van der Waals surface area contributed by atoms with Crippen molar-refractivity contribution in [2.24, 2.45) is 5.41 Å². The summed E-state index contributed by atoms with van der Waals surface area (Å²) in [6, 6.07) is 8.47. The van der Waals surface area contributed by atoms with Crippen LogP contribution < -0.4 is 14.4 Å². The molecule has 2 aromatic heterocycles. The lowest BCUT2D eigenvalue weighted by atomic mass is 9.82. The summed E-state index contributed by atoms with van der Waals surface area (Å²) >= 11 is 0. The quantitative estimate of drug-likeness (QED) is 0.220. The Morgan fingerprint density at radius 2 is 1.82 bits per heavy atom. The first-order valence-electron chi connectivity index (χ1n) is 18.5. The van der Waals surface area contributed by atoms with Crippen LogP contribution in [0.2, 0.25) is 0 Å². The van der Waals surface area contributed by atoms with Crippen LogP contribution in [0.1, 0.15) is 81.4 Å². The molecule has 0 N–H and O–H groups in total. The van der Waals surface area contributed by atoms with Crippen LogP contribution in [-0.2, 0) is 13.0 Å². The Balaban J connectivity index is 1.05. The molecule has 0 aliphatic carbocycles. The average molecular weight is 699 g/mol. The molecule has 5 heterocycles. The molecule has 0 bridgehead atoms. The van der Waals surface area contributed by atoms with Crippen molar-refractivity contribution in [1.29, 1.82) is 5.26 Å². The number of likely N-dealkylation sites (tertiary alicyclic amines) is 1. The van der Waals surface area contributed by atoms with Gasteiger partial charge in [0.25, 0.3) is 5.91 Å². The van der Waals surface area contributed by atoms with E-state index in [1.54, 1.807) is 11.1 Å². The lowest BCUT2D eigenvalue weighted by molar-refractivity contribution is 0.0713. The van der Waals surface area contributed by atoms with Gasteiger partial charge in [0, 0.05) is 75.5 Å². The molecule has 11 nitrogen and oxygen atoms in total. The molecule has 1 aromatic carbocycles. The Morgan fingerprint density at radius 3 is 2.55 bits per heavy atom. The van der Waals surface area contributed by atoms with Gasteiger partial charge < -0.3 is 24.2 Å². The van der Waals surface area contributed by atoms with Gasteiger partial charge >= 0.3 is 0 Å². The number of carbonyl (C=O) groups is 1. The second-order valence-electron chi connectivity index (χ2n) is 14.6. The van der Waals surface area contributed by atoms with E-state index < -0.39 is 5.82 Å². The maximum absolute atomic E-state index is 14.3. The van der Waals surface area contributed by atoms with E-state index in [-0.39, 0.29) is 34.8 Å². The summed E-state index contributed by atoms with van der Waals surface area (Å²) in [6.07, 6.45) is 10.5. The van der Waals surface area contributed by atoms with Crippen molar-refractivity contribution < 1.29 is 18.7 Å². The highest BCUT2D eigenvalue weighted by molar-refractivity contribution is 5.97. The molecule has 3 aromatic rings. The summed E-state index contributed by atoms with van der Waals surface area (Å²) < 4.78 is 27.3. The van der Waals surface area contributed by atoms with E-state index in [9.17, 15) is 14.4 Å². The third kappa shape index (κ3) is 8.76. The van der Waals surface area contributed by atoms with Gasteiger partial charge in [0.2, 0.25) is 0 Å². The largest absolute Gasteiger partial charge is 0.490 e. The molecule has 6 rings (SSSR count). The second kappa shape index (κ2) is 16.3. The van der Waals surface area contributed by atoms with Crippen molar-refractivity contribution in [2.75, 3.05) is 57.3 Å². The number of anilines is 1. The maximum Gasteiger partial charge on any atom is 0.257 e. The number of carbonyl (C=O) groups excluding carboxylic acids is 1. The maximum atomic E-state index is 14.3. The smallest absolute Gasteiger partial charge is 0.257 e. The predicted octanol–water partition coefficient (Wildman–Crippen LogP) is 6.10. The summed E-state index contributed by atoms with van der Waals surface area (Å²) in [4.78, 5) is 35.7. The summed E-state index contributed by atoms with van der Waals surface area (Å²) in [5.74, 6) is 1.44. The number of aromatic nitrogens is 3. The highest BCUT2D eigenvalue weighted by Gasteiger charge is 2.31. The zero-order chi connectivity index (χ0) is 36.0.